The van der Waals surface area contributed by atoms with E-state index in [4.69, 9.17) is 4.74 Å². The van der Waals surface area contributed by atoms with Gasteiger partial charge in [-0.15, -0.1) is 0 Å². The van der Waals surface area contributed by atoms with Gasteiger partial charge in [0.25, 0.3) is 0 Å². The van der Waals surface area contributed by atoms with Gasteiger partial charge < -0.3 is 4.74 Å². The highest BCUT2D eigenvalue weighted by atomic mass is 19.4. The molecule has 1 aromatic carbocycles. The molecule has 0 heterocycles. The Morgan fingerprint density at radius 3 is 1.87 bits per heavy atom. The molecule has 1 rings (SSSR count). The number of hydrogen-bond donors (Lipinski definition) is 0. The maximum Gasteiger partial charge on any atom is 0.379 e. The summed E-state index contributed by atoms with van der Waals surface area (Å²) in [7, 11) is 1.60. The topological polar surface area (TPSA) is 26.3 Å². The van der Waals surface area contributed by atoms with Crippen molar-refractivity contribution in [2.24, 2.45) is 0 Å². The van der Waals surface area contributed by atoms with Crippen LogP contribution in [0.25, 0.3) is 0 Å². The molecule has 0 aliphatic heterocycles. The van der Waals surface area contributed by atoms with E-state index in [2.05, 4.69) is 0 Å². The van der Waals surface area contributed by atoms with Crippen LogP contribution in [0.4, 0.5) is 13.2 Å². The van der Waals surface area contributed by atoms with Gasteiger partial charge >= 0.3 is 6.68 Å². The van der Waals surface area contributed by atoms with Gasteiger partial charge in [0.2, 0.25) is 0 Å². The van der Waals surface area contributed by atoms with Crippen LogP contribution in [0.2, 0.25) is 0 Å². The summed E-state index contributed by atoms with van der Waals surface area (Å²) >= 11 is 0. The molecule has 0 saturated heterocycles. The predicted molar refractivity (Wildman–Crippen MR) is 50.1 cm³/mol. The van der Waals surface area contributed by atoms with E-state index in [1.54, 1.807) is 38.3 Å². The number of methoxy groups -OCH3 is 1. The molecule has 0 atom stereocenters. The fraction of sp³-hybridized carbons (Fsp3) is 0.300. The third-order valence-corrected chi connectivity index (χ3v) is 1.50. The third-order valence-electron chi connectivity index (χ3n) is 1.50. The summed E-state index contributed by atoms with van der Waals surface area (Å²) in [5.41, 5.74) is 0.714. The Hall–Kier alpha value is -1.52. The van der Waals surface area contributed by atoms with Gasteiger partial charge in [0.1, 0.15) is 5.75 Å². The van der Waals surface area contributed by atoms with Gasteiger partial charge in [-0.3, -0.25) is 4.79 Å². The summed E-state index contributed by atoms with van der Waals surface area (Å²) in [5.74, 6) is 0.850. The van der Waals surface area contributed by atoms with E-state index in [1.807, 2.05) is 0 Å². The van der Waals surface area contributed by atoms with E-state index in [-0.39, 0.29) is 5.78 Å². The standard InChI is InChI=1S/C9H10O2.CHF3/c1-7(10)8-3-5-9(11-2)6-4-8;2-1(3)4/h3-6H,1-2H3;1H. The Labute approximate surface area is 85.7 Å². The fourth-order valence-electron chi connectivity index (χ4n) is 0.826. The average Bonchev–Trinajstić information content (AvgIpc) is 2.17. The lowest BCUT2D eigenvalue weighted by atomic mass is 10.1. The molecule has 84 valence electrons. The lowest BCUT2D eigenvalue weighted by Gasteiger charge is -1.98. The Kier molecular flexibility index (Phi) is 6.17. The van der Waals surface area contributed by atoms with Crippen molar-refractivity contribution in [2.45, 2.75) is 13.6 Å². The van der Waals surface area contributed by atoms with E-state index in [0.29, 0.717) is 5.56 Å². The molecule has 15 heavy (non-hydrogen) atoms. The summed E-state index contributed by atoms with van der Waals surface area (Å²) in [4.78, 5) is 10.8. The highest BCUT2D eigenvalue weighted by Crippen LogP contribution is 2.11. The molecule has 0 aromatic heterocycles. The summed E-state index contributed by atoms with van der Waals surface area (Å²) in [6.45, 7) is -2.12. The van der Waals surface area contributed by atoms with Crippen LogP contribution in [0.3, 0.4) is 0 Å². The van der Waals surface area contributed by atoms with Gasteiger partial charge in [-0.2, -0.15) is 13.2 Å². The molecular formula is C10H11F3O2. The lowest BCUT2D eigenvalue weighted by Crippen LogP contribution is -1.91. The van der Waals surface area contributed by atoms with Crippen LogP contribution >= 0.6 is 0 Å². The molecule has 1 aromatic rings. The van der Waals surface area contributed by atoms with Crippen LogP contribution in [-0.4, -0.2) is 19.6 Å². The lowest BCUT2D eigenvalue weighted by molar-refractivity contribution is 0.00819. The maximum absolute atomic E-state index is 10.8. The molecule has 0 unspecified atom stereocenters. The van der Waals surface area contributed by atoms with E-state index < -0.39 is 6.68 Å². The monoisotopic (exact) mass is 220 g/mol. The molecule has 0 aliphatic carbocycles. The second-order valence-electron chi connectivity index (χ2n) is 2.53. The predicted octanol–water partition coefficient (Wildman–Crippen LogP) is 3.08. The van der Waals surface area contributed by atoms with Crippen LogP contribution in [0.5, 0.6) is 5.75 Å². The minimum absolute atomic E-state index is 0.0765. The minimum atomic E-state index is -3.67. The molecule has 0 spiro atoms. The van der Waals surface area contributed by atoms with Crippen molar-refractivity contribution in [1.29, 1.82) is 0 Å². The van der Waals surface area contributed by atoms with Crippen molar-refractivity contribution in [2.75, 3.05) is 7.11 Å². The number of hydrogen-bond acceptors (Lipinski definition) is 2. The summed E-state index contributed by atoms with van der Waals surface area (Å²) < 4.78 is 33.9. The van der Waals surface area contributed by atoms with E-state index in [1.165, 1.54) is 0 Å². The molecule has 0 bridgehead atoms. The number of ketones is 1. The first-order valence-corrected chi connectivity index (χ1v) is 4.04. The van der Waals surface area contributed by atoms with E-state index in [9.17, 15) is 18.0 Å². The van der Waals surface area contributed by atoms with Gasteiger partial charge in [0.05, 0.1) is 7.11 Å². The van der Waals surface area contributed by atoms with Crippen molar-refractivity contribution in [1.82, 2.24) is 0 Å². The highest BCUT2D eigenvalue weighted by molar-refractivity contribution is 5.94. The normalized spacial score (nSPS) is 9.20. The molecule has 0 N–H and O–H groups in total. The summed E-state index contributed by atoms with van der Waals surface area (Å²) in [6.07, 6.45) is 0. The second-order valence-corrected chi connectivity index (χ2v) is 2.53. The van der Waals surface area contributed by atoms with Crippen LogP contribution in [0.15, 0.2) is 24.3 Å². The van der Waals surface area contributed by atoms with Gasteiger partial charge in [-0.1, -0.05) is 0 Å². The zero-order chi connectivity index (χ0) is 11.8. The second kappa shape index (κ2) is 6.86. The third kappa shape index (κ3) is 6.54. The van der Waals surface area contributed by atoms with Gasteiger partial charge in [0.15, 0.2) is 5.78 Å². The quantitative estimate of drug-likeness (QED) is 0.716. The number of benzene rings is 1. The number of carbonyl (C=O) groups excluding carboxylic acids is 1. The van der Waals surface area contributed by atoms with Gasteiger partial charge in [-0.05, 0) is 31.2 Å². The minimum Gasteiger partial charge on any atom is -0.497 e. The Morgan fingerprint density at radius 1 is 1.20 bits per heavy atom. The molecule has 0 aliphatic rings. The first-order valence-electron chi connectivity index (χ1n) is 4.04. The molecular weight excluding hydrogens is 209 g/mol. The van der Waals surface area contributed by atoms with Crippen LogP contribution in [0.1, 0.15) is 17.3 Å². The van der Waals surface area contributed by atoms with Crippen LogP contribution < -0.4 is 4.74 Å². The highest BCUT2D eigenvalue weighted by Gasteiger charge is 1.97. The molecule has 0 amide bonds. The zero-order valence-electron chi connectivity index (χ0n) is 8.34. The Morgan fingerprint density at radius 2 is 1.60 bits per heavy atom. The maximum atomic E-state index is 10.8. The number of halogens is 3. The number of rotatable bonds is 2. The van der Waals surface area contributed by atoms with Crippen molar-refractivity contribution < 1.29 is 22.7 Å². The summed E-state index contributed by atoms with van der Waals surface area (Å²) in [5, 5.41) is 0. The fourth-order valence-corrected chi connectivity index (χ4v) is 0.826. The van der Waals surface area contributed by atoms with Crippen molar-refractivity contribution in [3.8, 4) is 5.75 Å². The Bertz CT molecular complexity index is 293. The molecule has 0 fully saturated rings. The van der Waals surface area contributed by atoms with E-state index >= 15 is 0 Å². The molecule has 0 saturated carbocycles. The SMILES string of the molecule is COc1ccc(C(C)=O)cc1.FC(F)F. The van der Waals surface area contributed by atoms with Crippen molar-refractivity contribution in [3.05, 3.63) is 29.8 Å². The molecule has 0 radical (unpaired) electrons. The average molecular weight is 220 g/mol. The number of ether oxygens (including phenoxy) is 1. The van der Waals surface area contributed by atoms with Gasteiger partial charge in [0, 0.05) is 5.56 Å². The largest absolute Gasteiger partial charge is 0.497 e. The number of carbonyl (C=O) groups is 1. The summed E-state index contributed by atoms with van der Waals surface area (Å²) in [6, 6.07) is 7.05. The first kappa shape index (κ1) is 13.5. The zero-order valence-corrected chi connectivity index (χ0v) is 8.34. The van der Waals surface area contributed by atoms with Crippen LogP contribution in [-0.2, 0) is 0 Å². The van der Waals surface area contributed by atoms with Crippen LogP contribution in [0, 0.1) is 0 Å². The molecule has 2 nitrogen and oxygen atoms in total. The van der Waals surface area contributed by atoms with Gasteiger partial charge in [-0.25, -0.2) is 0 Å². The molecule has 5 heteroatoms. The first-order chi connectivity index (χ1) is 6.97. The number of alkyl halides is 3. The smallest absolute Gasteiger partial charge is 0.379 e. The Balaban J connectivity index is 0.000000423. The van der Waals surface area contributed by atoms with E-state index in [0.717, 1.165) is 5.75 Å². The van der Waals surface area contributed by atoms with Crippen molar-refractivity contribution in [3.63, 3.8) is 0 Å². The number of Topliss-reactive ketones (excluding diaryl/α,β-unsaturated/α-hetero) is 1. The van der Waals surface area contributed by atoms with Crippen molar-refractivity contribution >= 4 is 5.78 Å².